The molecule has 0 radical (unpaired) electrons. The molecule has 5 heteroatoms. The molecule has 0 saturated heterocycles. The monoisotopic (exact) mass is 216 g/mol. The fourth-order valence-corrected chi connectivity index (χ4v) is 1.74. The van der Waals surface area contributed by atoms with Crippen LogP contribution < -0.4 is 4.74 Å². The molecule has 0 fully saturated rings. The topological polar surface area (TPSA) is 63.6 Å². The molecule has 1 N–H and O–H groups in total. The minimum atomic E-state index is -4.15. The summed E-state index contributed by atoms with van der Waals surface area (Å²) in [7, 11) is -2.70. The Kier molecular flexibility index (Phi) is 2.82. The number of aryl methyl sites for hydroxylation is 1. The molecule has 0 aliphatic rings. The van der Waals surface area contributed by atoms with Crippen LogP contribution in [0.15, 0.2) is 17.0 Å². The van der Waals surface area contributed by atoms with Gasteiger partial charge in [-0.1, -0.05) is 0 Å². The Bertz CT molecular complexity index is 448. The van der Waals surface area contributed by atoms with Gasteiger partial charge in [-0.25, -0.2) is 0 Å². The molecule has 0 heterocycles. The molecule has 0 saturated carbocycles. The van der Waals surface area contributed by atoms with Crippen molar-refractivity contribution in [3.05, 3.63) is 23.3 Å². The number of rotatable bonds is 2. The second-order valence-electron chi connectivity index (χ2n) is 3.04. The van der Waals surface area contributed by atoms with E-state index in [2.05, 4.69) is 0 Å². The van der Waals surface area contributed by atoms with Crippen LogP contribution in [0.4, 0.5) is 0 Å². The lowest BCUT2D eigenvalue weighted by atomic mass is 10.1. The van der Waals surface area contributed by atoms with Gasteiger partial charge in [-0.3, -0.25) is 4.55 Å². The second-order valence-corrected chi connectivity index (χ2v) is 4.46. The Morgan fingerprint density at radius 1 is 1.29 bits per heavy atom. The Morgan fingerprint density at radius 3 is 2.29 bits per heavy atom. The van der Waals surface area contributed by atoms with Gasteiger partial charge < -0.3 is 4.74 Å². The van der Waals surface area contributed by atoms with E-state index < -0.39 is 10.1 Å². The summed E-state index contributed by atoms with van der Waals surface area (Å²) in [6, 6.07) is 2.71. The van der Waals surface area contributed by atoms with E-state index in [0.717, 1.165) is 11.1 Å². The van der Waals surface area contributed by atoms with Gasteiger partial charge >= 0.3 is 0 Å². The maximum atomic E-state index is 10.9. The molecule has 0 unspecified atom stereocenters. The van der Waals surface area contributed by atoms with Crippen LogP contribution in [0.25, 0.3) is 0 Å². The van der Waals surface area contributed by atoms with E-state index in [4.69, 9.17) is 9.29 Å². The predicted molar refractivity (Wildman–Crippen MR) is 52.3 cm³/mol. The molecule has 1 aromatic rings. The van der Waals surface area contributed by atoms with Crippen molar-refractivity contribution in [1.29, 1.82) is 0 Å². The molecule has 0 aromatic heterocycles. The normalized spacial score (nSPS) is 11.4. The van der Waals surface area contributed by atoms with E-state index in [-0.39, 0.29) is 4.90 Å². The van der Waals surface area contributed by atoms with Gasteiger partial charge in [-0.15, -0.1) is 0 Å². The zero-order valence-corrected chi connectivity index (χ0v) is 9.05. The molecule has 1 rings (SSSR count). The van der Waals surface area contributed by atoms with E-state index in [0.29, 0.717) is 5.75 Å². The third-order valence-electron chi connectivity index (χ3n) is 2.11. The molecule has 0 spiro atoms. The molecular weight excluding hydrogens is 204 g/mol. The lowest BCUT2D eigenvalue weighted by molar-refractivity contribution is 0.409. The van der Waals surface area contributed by atoms with E-state index in [1.807, 2.05) is 6.92 Å². The summed E-state index contributed by atoms with van der Waals surface area (Å²) in [4.78, 5) is -0.141. The number of hydrogen-bond donors (Lipinski definition) is 1. The zero-order chi connectivity index (χ0) is 10.9. The number of ether oxygens (including phenoxy) is 1. The minimum absolute atomic E-state index is 0.141. The molecule has 1 aromatic carbocycles. The zero-order valence-electron chi connectivity index (χ0n) is 8.23. The van der Waals surface area contributed by atoms with Crippen molar-refractivity contribution < 1.29 is 17.7 Å². The fraction of sp³-hybridized carbons (Fsp3) is 0.333. The Balaban J connectivity index is 3.46. The molecule has 4 nitrogen and oxygen atoms in total. The maximum Gasteiger partial charge on any atom is 0.294 e. The van der Waals surface area contributed by atoms with E-state index in [1.54, 1.807) is 6.92 Å². The summed E-state index contributed by atoms with van der Waals surface area (Å²) in [6.07, 6.45) is 0. The SMILES string of the molecule is COc1cc(S(=O)(=O)O)cc(C)c1C. The molecule has 0 aliphatic carbocycles. The van der Waals surface area contributed by atoms with Gasteiger partial charge in [0.05, 0.1) is 12.0 Å². The molecule has 0 atom stereocenters. The highest BCUT2D eigenvalue weighted by molar-refractivity contribution is 7.85. The number of methoxy groups -OCH3 is 1. The first kappa shape index (κ1) is 11.0. The van der Waals surface area contributed by atoms with E-state index in [1.165, 1.54) is 19.2 Å². The van der Waals surface area contributed by atoms with Crippen molar-refractivity contribution in [3.8, 4) is 5.75 Å². The standard InChI is InChI=1S/C9H12O4S/c1-6-4-8(14(10,11)12)5-9(13-3)7(6)2/h4-5H,1-3H3,(H,10,11,12). The molecule has 0 bridgehead atoms. The van der Waals surface area contributed by atoms with Crippen molar-refractivity contribution in [2.45, 2.75) is 18.7 Å². The first-order chi connectivity index (χ1) is 6.36. The lowest BCUT2D eigenvalue weighted by Gasteiger charge is -2.09. The molecule has 0 aliphatic heterocycles. The minimum Gasteiger partial charge on any atom is -0.496 e. The summed E-state index contributed by atoms with van der Waals surface area (Å²) in [5.74, 6) is 0.456. The van der Waals surface area contributed by atoms with Crippen LogP contribution >= 0.6 is 0 Å². The van der Waals surface area contributed by atoms with Crippen LogP contribution in [0, 0.1) is 13.8 Å². The van der Waals surface area contributed by atoms with Crippen LogP contribution in [0.5, 0.6) is 5.75 Å². The Morgan fingerprint density at radius 2 is 1.86 bits per heavy atom. The molecule has 78 valence electrons. The summed E-state index contributed by atoms with van der Waals surface area (Å²) in [5, 5.41) is 0. The average Bonchev–Trinajstić information content (AvgIpc) is 2.07. The van der Waals surface area contributed by atoms with Gasteiger partial charge in [-0.05, 0) is 31.0 Å². The van der Waals surface area contributed by atoms with Crippen molar-refractivity contribution in [2.75, 3.05) is 7.11 Å². The van der Waals surface area contributed by atoms with Crippen LogP contribution in [-0.2, 0) is 10.1 Å². The van der Waals surface area contributed by atoms with Gasteiger partial charge in [0, 0.05) is 6.07 Å². The largest absolute Gasteiger partial charge is 0.496 e. The van der Waals surface area contributed by atoms with Crippen LogP contribution in [0.2, 0.25) is 0 Å². The first-order valence-corrected chi connectivity index (χ1v) is 5.43. The van der Waals surface area contributed by atoms with E-state index >= 15 is 0 Å². The van der Waals surface area contributed by atoms with Crippen molar-refractivity contribution >= 4 is 10.1 Å². The number of hydrogen-bond acceptors (Lipinski definition) is 3. The van der Waals surface area contributed by atoms with Crippen LogP contribution in [0.3, 0.4) is 0 Å². The first-order valence-electron chi connectivity index (χ1n) is 3.99. The van der Waals surface area contributed by atoms with Gasteiger partial charge in [0.1, 0.15) is 5.75 Å². The van der Waals surface area contributed by atoms with E-state index in [9.17, 15) is 8.42 Å². The van der Waals surface area contributed by atoms with Crippen LogP contribution in [-0.4, -0.2) is 20.1 Å². The number of benzene rings is 1. The fourth-order valence-electron chi connectivity index (χ4n) is 1.16. The van der Waals surface area contributed by atoms with Gasteiger partial charge in [-0.2, -0.15) is 8.42 Å². The maximum absolute atomic E-state index is 10.9. The summed E-state index contributed by atoms with van der Waals surface area (Å²) >= 11 is 0. The highest BCUT2D eigenvalue weighted by Gasteiger charge is 2.13. The van der Waals surface area contributed by atoms with Crippen LogP contribution in [0.1, 0.15) is 11.1 Å². The summed E-state index contributed by atoms with van der Waals surface area (Å²) in [6.45, 7) is 3.58. The second kappa shape index (κ2) is 3.59. The smallest absolute Gasteiger partial charge is 0.294 e. The average molecular weight is 216 g/mol. The lowest BCUT2D eigenvalue weighted by Crippen LogP contribution is -2.01. The molecule has 14 heavy (non-hydrogen) atoms. The van der Waals surface area contributed by atoms with Crippen molar-refractivity contribution in [1.82, 2.24) is 0 Å². The molecule has 0 amide bonds. The predicted octanol–water partition coefficient (Wildman–Crippen LogP) is 1.56. The third kappa shape index (κ3) is 2.05. The van der Waals surface area contributed by atoms with Gasteiger partial charge in [0.25, 0.3) is 10.1 Å². The highest BCUT2D eigenvalue weighted by Crippen LogP contribution is 2.25. The third-order valence-corrected chi connectivity index (χ3v) is 2.94. The highest BCUT2D eigenvalue weighted by atomic mass is 32.2. The quantitative estimate of drug-likeness (QED) is 0.762. The molecular formula is C9H12O4S. The summed E-state index contributed by atoms with van der Waals surface area (Å²) < 4.78 is 35.6. The van der Waals surface area contributed by atoms with Crippen molar-refractivity contribution in [2.24, 2.45) is 0 Å². The van der Waals surface area contributed by atoms with Gasteiger partial charge in [0.15, 0.2) is 0 Å². The van der Waals surface area contributed by atoms with Crippen molar-refractivity contribution in [3.63, 3.8) is 0 Å². The van der Waals surface area contributed by atoms with Gasteiger partial charge in [0.2, 0.25) is 0 Å². The Labute approximate surface area is 83.3 Å². The summed E-state index contributed by atoms with van der Waals surface area (Å²) in [5.41, 5.74) is 1.62. The Hall–Kier alpha value is -1.07.